The van der Waals surface area contributed by atoms with Crippen LogP contribution < -0.4 is 10.1 Å². The molecule has 0 saturated carbocycles. The smallest absolute Gasteiger partial charge is 0.416 e. The molecule has 1 N–H and O–H groups in total. The molecule has 0 aliphatic carbocycles. The number of piperidine rings is 1. The third-order valence-corrected chi connectivity index (χ3v) is 7.00. The van der Waals surface area contributed by atoms with E-state index in [2.05, 4.69) is 10.2 Å². The fourth-order valence-corrected chi connectivity index (χ4v) is 4.56. The van der Waals surface area contributed by atoms with Gasteiger partial charge in [0.15, 0.2) is 11.4 Å². The fraction of sp³-hybridized carbons (Fsp3) is 0.333. The minimum Gasteiger partial charge on any atom is -0.478 e. The molecule has 1 fully saturated rings. The summed E-state index contributed by atoms with van der Waals surface area (Å²) in [6, 6.07) is 18.5. The molecule has 0 spiro atoms. The average Bonchev–Trinajstić information content (AvgIpc) is 2.90. The third-order valence-electron chi connectivity index (χ3n) is 6.75. The van der Waals surface area contributed by atoms with Crippen molar-refractivity contribution in [1.29, 1.82) is 0 Å². The first kappa shape index (κ1) is 28.6. The predicted molar refractivity (Wildman–Crippen MR) is 144 cm³/mol. The third kappa shape index (κ3) is 7.61. The molecule has 206 valence electrons. The Labute approximate surface area is 230 Å². The van der Waals surface area contributed by atoms with E-state index in [1.807, 2.05) is 0 Å². The van der Waals surface area contributed by atoms with Crippen LogP contribution in [0.1, 0.15) is 53.7 Å². The lowest BCUT2D eigenvalue weighted by Gasteiger charge is -2.34. The Morgan fingerprint density at radius 2 is 1.44 bits per heavy atom. The van der Waals surface area contributed by atoms with Crippen molar-refractivity contribution in [2.45, 2.75) is 51.1 Å². The van der Waals surface area contributed by atoms with Crippen molar-refractivity contribution in [2.75, 3.05) is 13.1 Å². The summed E-state index contributed by atoms with van der Waals surface area (Å²) in [7, 11) is 0. The van der Waals surface area contributed by atoms with Crippen molar-refractivity contribution in [3.8, 4) is 5.75 Å². The molecule has 3 aromatic rings. The summed E-state index contributed by atoms with van der Waals surface area (Å²) in [5.74, 6) is 0.0825. The topological polar surface area (TPSA) is 58.6 Å². The van der Waals surface area contributed by atoms with Crippen LogP contribution in [-0.2, 0) is 17.5 Å². The van der Waals surface area contributed by atoms with Gasteiger partial charge in [-0.15, -0.1) is 0 Å². The number of carbonyl (C=O) groups is 2. The molecule has 39 heavy (non-hydrogen) atoms. The lowest BCUT2D eigenvalue weighted by atomic mass is 10.0. The molecular formula is C30H30ClF3N2O3. The standard InChI is InChI=1S/C30H30ClF3N2O3/c1-29(2,39-26-13-7-22(8-14-26)27(37)21-5-11-24(31)12-6-21)28(38)35-25-15-17-36(18-16-25)19-20-3-9-23(10-4-20)30(32,33)34/h3-14,25H,15-19H2,1-2H3,(H,35,38). The maximum absolute atomic E-state index is 13.0. The molecule has 0 aromatic heterocycles. The van der Waals surface area contributed by atoms with Crippen LogP contribution in [0.25, 0.3) is 0 Å². The lowest BCUT2D eigenvalue weighted by molar-refractivity contribution is -0.137. The van der Waals surface area contributed by atoms with E-state index in [4.69, 9.17) is 16.3 Å². The Hall–Kier alpha value is -3.36. The number of nitrogens with one attached hydrogen (secondary N) is 1. The molecule has 3 aromatic carbocycles. The molecule has 1 amide bonds. The van der Waals surface area contributed by atoms with Gasteiger partial charge >= 0.3 is 6.18 Å². The van der Waals surface area contributed by atoms with Crippen molar-refractivity contribution in [1.82, 2.24) is 10.2 Å². The van der Waals surface area contributed by atoms with Crippen molar-refractivity contribution in [3.63, 3.8) is 0 Å². The lowest BCUT2D eigenvalue weighted by Crippen LogP contribution is -2.52. The maximum atomic E-state index is 13.0. The molecule has 1 aliphatic heterocycles. The highest BCUT2D eigenvalue weighted by atomic mass is 35.5. The summed E-state index contributed by atoms with van der Waals surface area (Å²) in [4.78, 5) is 27.8. The highest BCUT2D eigenvalue weighted by Gasteiger charge is 2.33. The maximum Gasteiger partial charge on any atom is 0.416 e. The van der Waals surface area contributed by atoms with E-state index < -0.39 is 17.3 Å². The van der Waals surface area contributed by atoms with Gasteiger partial charge in [-0.3, -0.25) is 14.5 Å². The van der Waals surface area contributed by atoms with E-state index >= 15 is 0 Å². The summed E-state index contributed by atoms with van der Waals surface area (Å²) < 4.78 is 44.3. The van der Waals surface area contributed by atoms with E-state index in [-0.39, 0.29) is 17.7 Å². The first-order valence-corrected chi connectivity index (χ1v) is 13.1. The number of alkyl halides is 3. The zero-order chi connectivity index (χ0) is 28.2. The molecular weight excluding hydrogens is 529 g/mol. The average molecular weight is 559 g/mol. The number of hydrogen-bond acceptors (Lipinski definition) is 4. The molecule has 0 bridgehead atoms. The monoisotopic (exact) mass is 558 g/mol. The summed E-state index contributed by atoms with van der Waals surface area (Å²) in [6.07, 6.45) is -2.89. The van der Waals surface area contributed by atoms with E-state index in [0.717, 1.165) is 43.6 Å². The molecule has 4 rings (SSSR count). The van der Waals surface area contributed by atoms with Crippen LogP contribution in [0, 0.1) is 0 Å². The normalized spacial score (nSPS) is 15.1. The fourth-order valence-electron chi connectivity index (χ4n) is 4.44. The second-order valence-corrected chi connectivity index (χ2v) is 10.6. The van der Waals surface area contributed by atoms with Gasteiger partial charge in [-0.2, -0.15) is 13.2 Å². The van der Waals surface area contributed by atoms with Gasteiger partial charge in [0.05, 0.1) is 5.56 Å². The number of rotatable bonds is 8. The Balaban J connectivity index is 1.25. The number of nitrogens with zero attached hydrogens (tertiary/aromatic N) is 1. The Morgan fingerprint density at radius 3 is 1.97 bits per heavy atom. The Kier molecular flexibility index (Phi) is 8.67. The van der Waals surface area contributed by atoms with Gasteiger partial charge in [0.25, 0.3) is 5.91 Å². The zero-order valence-electron chi connectivity index (χ0n) is 21.7. The van der Waals surface area contributed by atoms with Gasteiger partial charge in [0, 0.05) is 41.8 Å². The van der Waals surface area contributed by atoms with Crippen molar-refractivity contribution in [2.24, 2.45) is 0 Å². The van der Waals surface area contributed by atoms with E-state index in [0.29, 0.717) is 28.4 Å². The van der Waals surface area contributed by atoms with Crippen molar-refractivity contribution in [3.05, 3.63) is 100 Å². The van der Waals surface area contributed by atoms with E-state index in [1.54, 1.807) is 62.4 Å². The van der Waals surface area contributed by atoms with Crippen LogP contribution in [0.2, 0.25) is 5.02 Å². The van der Waals surface area contributed by atoms with Gasteiger partial charge in [-0.1, -0.05) is 23.7 Å². The summed E-state index contributed by atoms with van der Waals surface area (Å²) in [6.45, 7) is 5.38. The number of halogens is 4. The van der Waals surface area contributed by atoms with Gasteiger partial charge in [0.1, 0.15) is 5.75 Å². The number of ether oxygens (including phenoxy) is 1. The quantitative estimate of drug-likeness (QED) is 0.319. The van der Waals surface area contributed by atoms with E-state index in [1.165, 1.54) is 12.1 Å². The second kappa shape index (κ2) is 11.8. The number of carbonyl (C=O) groups excluding carboxylic acids is 2. The van der Waals surface area contributed by atoms with Crippen molar-refractivity contribution >= 4 is 23.3 Å². The highest BCUT2D eigenvalue weighted by Crippen LogP contribution is 2.29. The second-order valence-electron chi connectivity index (χ2n) is 10.2. The largest absolute Gasteiger partial charge is 0.478 e. The predicted octanol–water partition coefficient (Wildman–Crippen LogP) is 6.53. The number of hydrogen-bond donors (Lipinski definition) is 1. The number of ketones is 1. The molecule has 9 heteroatoms. The first-order chi connectivity index (χ1) is 18.4. The minimum absolute atomic E-state index is 0.0244. The van der Waals surface area contributed by atoms with Crippen LogP contribution in [0.15, 0.2) is 72.8 Å². The van der Waals surface area contributed by atoms with Crippen LogP contribution in [-0.4, -0.2) is 41.3 Å². The van der Waals surface area contributed by atoms with Crippen molar-refractivity contribution < 1.29 is 27.5 Å². The minimum atomic E-state index is -4.34. The van der Waals surface area contributed by atoms with Crippen LogP contribution in [0.5, 0.6) is 5.75 Å². The summed E-state index contributed by atoms with van der Waals surface area (Å²) in [5.41, 5.74) is 0.0490. The highest BCUT2D eigenvalue weighted by molar-refractivity contribution is 6.30. The van der Waals surface area contributed by atoms with Crippen LogP contribution in [0.3, 0.4) is 0 Å². The van der Waals surface area contributed by atoms with Crippen LogP contribution >= 0.6 is 11.6 Å². The number of amides is 1. The molecule has 5 nitrogen and oxygen atoms in total. The van der Waals surface area contributed by atoms with Gasteiger partial charge < -0.3 is 10.1 Å². The molecule has 1 heterocycles. The number of likely N-dealkylation sites (tertiary alicyclic amines) is 1. The van der Waals surface area contributed by atoms with Crippen LogP contribution in [0.4, 0.5) is 13.2 Å². The first-order valence-electron chi connectivity index (χ1n) is 12.7. The number of benzene rings is 3. The molecule has 0 radical (unpaired) electrons. The molecule has 1 aliphatic rings. The molecule has 1 saturated heterocycles. The summed E-state index contributed by atoms with van der Waals surface area (Å²) in [5, 5.41) is 3.62. The van der Waals surface area contributed by atoms with Gasteiger partial charge in [0.2, 0.25) is 0 Å². The summed E-state index contributed by atoms with van der Waals surface area (Å²) >= 11 is 5.89. The van der Waals surface area contributed by atoms with Gasteiger partial charge in [-0.25, -0.2) is 0 Å². The SMILES string of the molecule is CC(C)(Oc1ccc(C(=O)c2ccc(Cl)cc2)cc1)C(=O)NC1CCN(Cc2ccc(C(F)(F)F)cc2)CC1. The Bertz CT molecular complexity index is 1280. The molecule has 0 unspecified atom stereocenters. The van der Waals surface area contributed by atoms with Gasteiger partial charge in [-0.05, 0) is 92.9 Å². The zero-order valence-corrected chi connectivity index (χ0v) is 22.5. The van der Waals surface area contributed by atoms with E-state index in [9.17, 15) is 22.8 Å². The molecule has 0 atom stereocenters. The Morgan fingerprint density at radius 1 is 0.897 bits per heavy atom.